The number of methoxy groups -OCH3 is 1. The summed E-state index contributed by atoms with van der Waals surface area (Å²) in [5.74, 6) is -0.0556. The second-order valence-corrected chi connectivity index (χ2v) is 11.4. The van der Waals surface area contributed by atoms with Crippen molar-refractivity contribution in [3.63, 3.8) is 0 Å². The normalized spacial score (nSPS) is 11.7. The minimum absolute atomic E-state index is 0. The van der Waals surface area contributed by atoms with Crippen LogP contribution in [0, 0.1) is 0 Å². The van der Waals surface area contributed by atoms with Crippen LogP contribution in [0.3, 0.4) is 0 Å². The molecule has 3 aromatic heterocycles. The Morgan fingerprint density at radius 1 is 1.00 bits per heavy atom. The Kier molecular flexibility index (Phi) is 10.0. The molecule has 1 N–H and O–H groups in total. The molecule has 1 atom stereocenters. The fourth-order valence-electron chi connectivity index (χ4n) is 5.25. The smallest absolute Gasteiger partial charge is 0.439 e. The molecular weight excluding hydrogens is 620 g/mol. The second kappa shape index (κ2) is 13.8. The molecule has 0 aliphatic heterocycles. The van der Waals surface area contributed by atoms with Crippen LogP contribution in [0.2, 0.25) is 0 Å². The first-order chi connectivity index (χ1) is 21.3. The van der Waals surface area contributed by atoms with Crippen LogP contribution in [0.4, 0.5) is 0 Å². The van der Waals surface area contributed by atoms with Crippen molar-refractivity contribution in [3.05, 3.63) is 126 Å². The van der Waals surface area contributed by atoms with Gasteiger partial charge >= 0.3 is 11.4 Å². The Morgan fingerprint density at radius 2 is 1.69 bits per heavy atom. The Hall–Kier alpha value is -3.65. The molecular formula is C33H28KN4O6S. The molecule has 3 aromatic carbocycles. The standard InChI is InChI=1S/C33H28N4O6S.K/c1-4-24-17-27-30(39)37(19(2)28(38)22-13-15-23(42-3)16-14-22)33(41)36(31(27)44-24)18-20-9-11-21(12-10-20)25-7-5-6-8-26(25)29-34-32(40)43-35-29;/h5-17,19H,4,18H2,1-3H3,(H,34,35,40);. The molecule has 1 unspecified atom stereocenters. The number of H-pyrrole nitrogens is 1. The number of nitrogens with one attached hydrogen (secondary N) is 1. The number of nitrogens with zero attached hydrogens (tertiary/aromatic N) is 3. The zero-order chi connectivity index (χ0) is 31.0. The number of hydrogen-bond acceptors (Lipinski definition) is 8. The van der Waals surface area contributed by atoms with Crippen LogP contribution in [0.25, 0.3) is 32.7 Å². The molecule has 1 radical (unpaired) electrons. The molecule has 0 aliphatic carbocycles. The first kappa shape index (κ1) is 32.7. The third kappa shape index (κ3) is 6.39. The van der Waals surface area contributed by atoms with Gasteiger partial charge in [0.25, 0.3) is 5.56 Å². The number of ketones is 1. The number of hydrogen-bond donors (Lipinski definition) is 1. The second-order valence-electron chi connectivity index (χ2n) is 10.3. The van der Waals surface area contributed by atoms with Crippen LogP contribution >= 0.6 is 11.3 Å². The minimum atomic E-state index is -1.02. The fourth-order valence-corrected chi connectivity index (χ4v) is 6.33. The average molecular weight is 648 g/mol. The van der Waals surface area contributed by atoms with Crippen LogP contribution in [0.15, 0.2) is 97.8 Å². The predicted octanol–water partition coefficient (Wildman–Crippen LogP) is 4.92. The van der Waals surface area contributed by atoms with Crippen molar-refractivity contribution in [1.82, 2.24) is 19.3 Å². The molecule has 45 heavy (non-hydrogen) atoms. The topological polar surface area (TPSA) is 129 Å². The van der Waals surface area contributed by atoms with Gasteiger partial charge in [-0.15, -0.1) is 11.3 Å². The van der Waals surface area contributed by atoms with E-state index < -0.39 is 23.0 Å². The molecule has 0 fully saturated rings. The minimum Gasteiger partial charge on any atom is -0.497 e. The van der Waals surface area contributed by atoms with Crippen molar-refractivity contribution in [2.24, 2.45) is 0 Å². The van der Waals surface area contributed by atoms with Crippen LogP contribution in [-0.4, -0.2) is 83.6 Å². The Labute approximate surface area is 303 Å². The number of ether oxygens (including phenoxy) is 1. The van der Waals surface area contributed by atoms with Gasteiger partial charge in [0.15, 0.2) is 11.6 Å². The van der Waals surface area contributed by atoms with Gasteiger partial charge < -0.3 is 4.74 Å². The van der Waals surface area contributed by atoms with Crippen LogP contribution < -0.4 is 21.7 Å². The number of aromatic nitrogens is 4. The van der Waals surface area contributed by atoms with E-state index in [1.807, 2.05) is 61.5 Å². The summed E-state index contributed by atoms with van der Waals surface area (Å²) < 4.78 is 12.5. The molecule has 0 saturated carbocycles. The first-order valence-corrected chi connectivity index (χ1v) is 14.8. The van der Waals surface area contributed by atoms with Gasteiger partial charge in [-0.3, -0.25) is 23.7 Å². The summed E-state index contributed by atoms with van der Waals surface area (Å²) >= 11 is 1.41. The molecule has 6 rings (SSSR count). The van der Waals surface area contributed by atoms with E-state index in [-0.39, 0.29) is 63.7 Å². The molecule has 0 spiro atoms. The molecule has 6 aromatic rings. The van der Waals surface area contributed by atoms with E-state index in [1.165, 1.54) is 18.4 Å². The van der Waals surface area contributed by atoms with Gasteiger partial charge in [0.1, 0.15) is 16.6 Å². The molecule has 10 nitrogen and oxygen atoms in total. The van der Waals surface area contributed by atoms with Crippen molar-refractivity contribution in [3.8, 4) is 28.3 Å². The van der Waals surface area contributed by atoms with Gasteiger partial charge in [0.2, 0.25) is 0 Å². The number of carbonyl (C=O) groups excluding carboxylic acids is 1. The third-order valence-electron chi connectivity index (χ3n) is 7.61. The van der Waals surface area contributed by atoms with Crippen molar-refractivity contribution in [2.45, 2.75) is 32.9 Å². The SMILES string of the molecule is CCc1cc2c(=O)n(C(C)C(=O)c3ccc(OC)cc3)c(=O)n(Cc3ccc(-c4ccccc4-c4noc(=O)[nH]4)cc3)c2s1.[K]. The maximum atomic E-state index is 14.0. The monoisotopic (exact) mass is 647 g/mol. The maximum Gasteiger partial charge on any atom is 0.439 e. The number of rotatable bonds is 9. The van der Waals surface area contributed by atoms with Gasteiger partial charge in [-0.1, -0.05) is 60.6 Å². The van der Waals surface area contributed by atoms with Gasteiger partial charge in [0.05, 0.1) is 19.0 Å². The van der Waals surface area contributed by atoms with E-state index in [4.69, 9.17) is 9.26 Å². The van der Waals surface area contributed by atoms with E-state index in [2.05, 4.69) is 10.1 Å². The Bertz CT molecular complexity index is 2170. The number of aromatic amines is 1. The van der Waals surface area contributed by atoms with E-state index in [0.29, 0.717) is 39.3 Å². The average Bonchev–Trinajstić information content (AvgIpc) is 3.70. The number of benzene rings is 3. The van der Waals surface area contributed by atoms with Crippen molar-refractivity contribution < 1.29 is 14.1 Å². The molecule has 0 amide bonds. The quantitative estimate of drug-likeness (QED) is 0.174. The molecule has 0 bridgehead atoms. The summed E-state index contributed by atoms with van der Waals surface area (Å²) in [6.07, 6.45) is 0.707. The first-order valence-electron chi connectivity index (χ1n) is 14.0. The van der Waals surface area contributed by atoms with Crippen LogP contribution in [0.1, 0.15) is 40.7 Å². The molecule has 0 saturated heterocycles. The molecule has 3 heterocycles. The summed E-state index contributed by atoms with van der Waals surface area (Å²) in [5.41, 5.74) is 2.59. The van der Waals surface area contributed by atoms with Crippen molar-refractivity contribution in [2.75, 3.05) is 7.11 Å². The van der Waals surface area contributed by atoms with Gasteiger partial charge in [-0.05, 0) is 60.4 Å². The summed E-state index contributed by atoms with van der Waals surface area (Å²) in [6.45, 7) is 3.76. The number of thiophene rings is 1. The largest absolute Gasteiger partial charge is 0.497 e. The predicted molar refractivity (Wildman–Crippen MR) is 175 cm³/mol. The van der Waals surface area contributed by atoms with E-state index in [9.17, 15) is 19.2 Å². The summed E-state index contributed by atoms with van der Waals surface area (Å²) in [7, 11) is 1.54. The van der Waals surface area contributed by atoms with Gasteiger partial charge in [0, 0.05) is 67.4 Å². The molecule has 0 aliphatic rings. The Balaban J connectivity index is 0.00000400. The summed E-state index contributed by atoms with van der Waals surface area (Å²) in [6, 6.07) is 22.5. The van der Waals surface area contributed by atoms with E-state index in [1.54, 1.807) is 35.8 Å². The zero-order valence-corrected chi connectivity index (χ0v) is 29.1. The Morgan fingerprint density at radius 3 is 2.31 bits per heavy atom. The number of carbonyl (C=O) groups is 1. The fraction of sp³-hybridized carbons (Fsp3) is 0.182. The number of aryl methyl sites for hydroxylation is 1. The van der Waals surface area contributed by atoms with Gasteiger partial charge in [-0.25, -0.2) is 14.2 Å². The summed E-state index contributed by atoms with van der Waals surface area (Å²) in [4.78, 5) is 56.8. The van der Waals surface area contributed by atoms with Crippen molar-refractivity contribution in [1.29, 1.82) is 0 Å². The zero-order valence-electron chi connectivity index (χ0n) is 25.2. The van der Waals surface area contributed by atoms with Crippen LogP contribution in [0.5, 0.6) is 5.75 Å². The van der Waals surface area contributed by atoms with Crippen LogP contribution in [-0.2, 0) is 13.0 Å². The van der Waals surface area contributed by atoms with E-state index in [0.717, 1.165) is 26.1 Å². The molecule has 12 heteroatoms. The number of fused-ring (bicyclic) bond motifs is 1. The third-order valence-corrected chi connectivity index (χ3v) is 8.92. The van der Waals surface area contributed by atoms with Crippen molar-refractivity contribution >= 4 is 78.7 Å². The molecule has 223 valence electrons. The summed E-state index contributed by atoms with van der Waals surface area (Å²) in [5, 5.41) is 4.23. The van der Waals surface area contributed by atoms with E-state index >= 15 is 0 Å². The maximum absolute atomic E-state index is 14.0. The number of Topliss-reactive ketones (excluding diaryl/α,β-unsaturated/α-hetero) is 1. The van der Waals surface area contributed by atoms with Gasteiger partial charge in [-0.2, -0.15) is 0 Å².